The number of rotatable bonds is 5. The second kappa shape index (κ2) is 8.73. The van der Waals surface area contributed by atoms with E-state index in [1.165, 1.54) is 17.4 Å². The molecule has 3 rings (SSSR count). The second-order valence-electron chi connectivity index (χ2n) is 6.34. The molecule has 9 heteroatoms. The first kappa shape index (κ1) is 19.7. The van der Waals surface area contributed by atoms with Crippen molar-refractivity contribution in [3.63, 3.8) is 0 Å². The van der Waals surface area contributed by atoms with E-state index >= 15 is 0 Å². The summed E-state index contributed by atoms with van der Waals surface area (Å²) in [6.45, 7) is 2.97. The van der Waals surface area contributed by atoms with Gasteiger partial charge < -0.3 is 0 Å². The maximum absolute atomic E-state index is 12.8. The Bertz CT molecular complexity index is 912. The normalized spacial score (nSPS) is 16.3. The van der Waals surface area contributed by atoms with Crippen molar-refractivity contribution in [2.75, 3.05) is 18.4 Å². The van der Waals surface area contributed by atoms with Crippen LogP contribution in [-0.2, 0) is 14.8 Å². The number of carbonyl (C=O) groups is 1. The van der Waals surface area contributed by atoms with Crippen LogP contribution >= 0.6 is 11.3 Å². The molecule has 2 aromatic rings. The van der Waals surface area contributed by atoms with Gasteiger partial charge in [-0.2, -0.15) is 4.31 Å². The van der Waals surface area contributed by atoms with Crippen LogP contribution in [0.1, 0.15) is 36.3 Å². The van der Waals surface area contributed by atoms with E-state index in [4.69, 9.17) is 0 Å². The Morgan fingerprint density at radius 3 is 2.37 bits per heavy atom. The van der Waals surface area contributed by atoms with Gasteiger partial charge in [-0.1, -0.05) is 36.3 Å². The van der Waals surface area contributed by atoms with Crippen molar-refractivity contribution >= 4 is 38.5 Å². The Morgan fingerprint density at radius 1 is 1.11 bits per heavy atom. The molecule has 0 bridgehead atoms. The van der Waals surface area contributed by atoms with Gasteiger partial charge in [-0.3, -0.25) is 10.1 Å². The average molecular weight is 407 g/mol. The predicted octanol–water partition coefficient (Wildman–Crippen LogP) is 3.06. The lowest BCUT2D eigenvalue weighted by molar-refractivity contribution is -0.111. The Morgan fingerprint density at radius 2 is 1.78 bits per heavy atom. The number of sulfonamides is 1. The lowest BCUT2D eigenvalue weighted by Gasteiger charge is -2.19. The highest BCUT2D eigenvalue weighted by Crippen LogP contribution is 2.21. The summed E-state index contributed by atoms with van der Waals surface area (Å²) < 4.78 is 27.1. The molecular formula is C18H22N4O3S2. The number of benzene rings is 1. The highest BCUT2D eigenvalue weighted by atomic mass is 32.2. The first-order chi connectivity index (χ1) is 12.9. The fraction of sp³-hybridized carbons (Fsp3) is 0.389. The number of hydrogen-bond acceptors (Lipinski definition) is 6. The summed E-state index contributed by atoms with van der Waals surface area (Å²) in [5.41, 5.74) is 0.744. The molecule has 1 N–H and O–H groups in total. The summed E-state index contributed by atoms with van der Waals surface area (Å²) in [4.78, 5) is 12.2. The summed E-state index contributed by atoms with van der Waals surface area (Å²) >= 11 is 1.30. The summed E-state index contributed by atoms with van der Waals surface area (Å²) in [7, 11) is -3.46. The fourth-order valence-electron chi connectivity index (χ4n) is 2.85. The molecule has 0 saturated carbocycles. The number of amides is 1. The highest BCUT2D eigenvalue weighted by molar-refractivity contribution is 7.89. The van der Waals surface area contributed by atoms with E-state index in [2.05, 4.69) is 15.5 Å². The quantitative estimate of drug-likeness (QED) is 0.771. The zero-order valence-electron chi connectivity index (χ0n) is 15.1. The van der Waals surface area contributed by atoms with Crippen molar-refractivity contribution in [2.45, 2.75) is 37.5 Å². The van der Waals surface area contributed by atoms with Gasteiger partial charge in [-0.25, -0.2) is 8.42 Å². The van der Waals surface area contributed by atoms with E-state index < -0.39 is 10.0 Å². The molecule has 27 heavy (non-hydrogen) atoms. The summed E-state index contributed by atoms with van der Waals surface area (Å²) in [5.74, 6) is -0.313. The number of nitrogens with zero attached hydrogens (tertiary/aromatic N) is 3. The first-order valence-electron chi connectivity index (χ1n) is 8.84. The Hall–Kier alpha value is -2.10. The van der Waals surface area contributed by atoms with E-state index in [0.29, 0.717) is 18.2 Å². The number of hydrogen-bond donors (Lipinski definition) is 1. The van der Waals surface area contributed by atoms with Crippen molar-refractivity contribution in [3.8, 4) is 0 Å². The van der Waals surface area contributed by atoms with Crippen molar-refractivity contribution < 1.29 is 13.2 Å². The number of nitrogens with one attached hydrogen (secondary N) is 1. The molecule has 1 saturated heterocycles. The van der Waals surface area contributed by atoms with Crippen LogP contribution in [-0.4, -0.2) is 41.9 Å². The topological polar surface area (TPSA) is 92.3 Å². The third-order valence-electron chi connectivity index (χ3n) is 4.27. The van der Waals surface area contributed by atoms with Gasteiger partial charge in [0.25, 0.3) is 0 Å². The maximum Gasteiger partial charge on any atom is 0.250 e. The van der Waals surface area contributed by atoms with Gasteiger partial charge in [-0.15, -0.1) is 10.2 Å². The third kappa shape index (κ3) is 5.21. The molecule has 0 aliphatic carbocycles. The molecule has 0 radical (unpaired) electrons. The molecule has 1 aliphatic heterocycles. The van der Waals surface area contributed by atoms with Crippen molar-refractivity contribution in [2.24, 2.45) is 0 Å². The smallest absolute Gasteiger partial charge is 0.250 e. The summed E-state index contributed by atoms with van der Waals surface area (Å²) in [6, 6.07) is 6.57. The minimum atomic E-state index is -3.46. The molecule has 1 fully saturated rings. The van der Waals surface area contributed by atoms with Crippen LogP contribution in [0.4, 0.5) is 5.13 Å². The van der Waals surface area contributed by atoms with Crippen LogP contribution < -0.4 is 5.32 Å². The Labute approximate surface area is 163 Å². The molecule has 1 aromatic carbocycles. The zero-order valence-corrected chi connectivity index (χ0v) is 16.7. The molecular weight excluding hydrogens is 384 g/mol. The van der Waals surface area contributed by atoms with Gasteiger partial charge in [0.05, 0.1) is 4.90 Å². The number of aromatic nitrogens is 2. The van der Waals surface area contributed by atoms with Crippen LogP contribution in [0.25, 0.3) is 6.08 Å². The second-order valence-corrected chi connectivity index (χ2v) is 9.46. The molecule has 144 valence electrons. The minimum absolute atomic E-state index is 0.287. The van der Waals surface area contributed by atoms with Crippen molar-refractivity contribution in [1.29, 1.82) is 0 Å². The highest BCUT2D eigenvalue weighted by Gasteiger charge is 2.24. The molecule has 1 aromatic heterocycles. The third-order valence-corrected chi connectivity index (χ3v) is 6.93. The average Bonchev–Trinajstić information content (AvgIpc) is 2.88. The van der Waals surface area contributed by atoms with Gasteiger partial charge in [0, 0.05) is 19.2 Å². The zero-order chi connectivity index (χ0) is 19.3. The number of aryl methyl sites for hydroxylation is 1. The van der Waals surface area contributed by atoms with E-state index in [1.807, 2.05) is 6.92 Å². The van der Waals surface area contributed by atoms with Crippen LogP contribution in [0.15, 0.2) is 35.2 Å². The molecule has 2 heterocycles. The summed E-state index contributed by atoms with van der Waals surface area (Å²) in [5, 5.41) is 11.5. The Kier molecular flexibility index (Phi) is 6.35. The van der Waals surface area contributed by atoms with Gasteiger partial charge in [0.2, 0.25) is 21.1 Å². The SMILES string of the molecule is Cc1nnc(NC(=O)C=Cc2ccc(S(=O)(=O)N3CCCCCC3)cc2)s1. The number of anilines is 1. The summed E-state index contributed by atoms with van der Waals surface area (Å²) in [6.07, 6.45) is 6.98. The fourth-order valence-corrected chi connectivity index (χ4v) is 4.96. The molecule has 0 unspecified atom stereocenters. The van der Waals surface area contributed by atoms with Crippen molar-refractivity contribution in [1.82, 2.24) is 14.5 Å². The van der Waals surface area contributed by atoms with Gasteiger partial charge in [0.1, 0.15) is 5.01 Å². The van der Waals surface area contributed by atoms with E-state index in [1.54, 1.807) is 34.6 Å². The van der Waals surface area contributed by atoms with Crippen LogP contribution in [0.2, 0.25) is 0 Å². The van der Waals surface area contributed by atoms with Crippen LogP contribution in [0.3, 0.4) is 0 Å². The predicted molar refractivity (Wildman–Crippen MR) is 106 cm³/mol. The van der Waals surface area contributed by atoms with E-state index in [9.17, 15) is 13.2 Å². The molecule has 1 amide bonds. The standard InChI is InChI=1S/C18H22N4O3S2/c1-14-20-21-18(26-14)19-17(23)11-8-15-6-9-16(10-7-15)27(24,25)22-12-4-2-3-5-13-22/h6-11H,2-5,12-13H2,1H3,(H,19,21,23). The van der Waals surface area contributed by atoms with E-state index in [0.717, 1.165) is 36.3 Å². The van der Waals surface area contributed by atoms with Gasteiger partial charge in [-0.05, 0) is 43.5 Å². The number of carbonyl (C=O) groups excluding carboxylic acids is 1. The maximum atomic E-state index is 12.8. The lowest BCUT2D eigenvalue weighted by atomic mass is 10.2. The molecule has 7 nitrogen and oxygen atoms in total. The molecule has 0 spiro atoms. The monoisotopic (exact) mass is 406 g/mol. The largest absolute Gasteiger partial charge is 0.297 e. The van der Waals surface area contributed by atoms with E-state index in [-0.39, 0.29) is 10.8 Å². The first-order valence-corrected chi connectivity index (χ1v) is 11.1. The minimum Gasteiger partial charge on any atom is -0.297 e. The molecule has 1 aliphatic rings. The van der Waals surface area contributed by atoms with Gasteiger partial charge in [0.15, 0.2) is 0 Å². The van der Waals surface area contributed by atoms with Crippen LogP contribution in [0, 0.1) is 6.92 Å². The Balaban J connectivity index is 1.64. The molecule has 0 atom stereocenters. The van der Waals surface area contributed by atoms with Crippen molar-refractivity contribution in [3.05, 3.63) is 40.9 Å². The van der Waals surface area contributed by atoms with Crippen LogP contribution in [0.5, 0.6) is 0 Å². The van der Waals surface area contributed by atoms with Gasteiger partial charge >= 0.3 is 0 Å². The lowest BCUT2D eigenvalue weighted by Crippen LogP contribution is -2.31.